The standard InChI is InChI=1S/C62H45N4/c1-64-43-65(58-35-17-16-34-57(58)64)51-29-18-28-49(41-51)62(47-24-10-4-11-25-47,48-26-12-5-13-27-48)50-36-37-55-54-30-14-15-33-56(54)66(59(55)42-50)60-40-46(38-39-63-60)61-52(44-20-6-2-7-21-44)31-19-32-53(61)45-22-8-3-9-23-45/h2-43H,1H3/q+1. The number of aromatic nitrogens is 4. The van der Waals surface area contributed by atoms with Crippen molar-refractivity contribution in [3.8, 4) is 44.9 Å². The fraction of sp³-hybridized carbons (Fsp3) is 0.0323. The maximum absolute atomic E-state index is 5.21. The van der Waals surface area contributed by atoms with Gasteiger partial charge in [0.15, 0.2) is 17.4 Å². The zero-order chi connectivity index (χ0) is 44.0. The fourth-order valence-corrected chi connectivity index (χ4v) is 10.5. The molecule has 0 radical (unpaired) electrons. The van der Waals surface area contributed by atoms with Gasteiger partial charge in [0.05, 0.1) is 16.4 Å². The molecule has 0 atom stereocenters. The van der Waals surface area contributed by atoms with Gasteiger partial charge in [-0.2, -0.15) is 4.57 Å². The number of benzene rings is 9. The Labute approximate surface area is 384 Å². The van der Waals surface area contributed by atoms with Gasteiger partial charge in [0.2, 0.25) is 0 Å². The number of nitrogens with zero attached hydrogens (tertiary/aromatic N) is 4. The summed E-state index contributed by atoms with van der Waals surface area (Å²) in [5.74, 6) is 0.858. The van der Waals surface area contributed by atoms with E-state index in [9.17, 15) is 0 Å². The van der Waals surface area contributed by atoms with Gasteiger partial charge < -0.3 is 0 Å². The lowest BCUT2D eigenvalue weighted by Gasteiger charge is -2.37. The molecule has 0 spiro atoms. The van der Waals surface area contributed by atoms with Gasteiger partial charge in [-0.3, -0.25) is 4.57 Å². The van der Waals surface area contributed by atoms with Crippen molar-refractivity contribution in [1.82, 2.24) is 18.7 Å². The SMILES string of the molecule is Cn1[cH+]n(-c2cccc(C(c3ccccc3)(c3ccccc3)c3ccc4c5ccccc5n(-c5cc(-c6c(-c7ccccc7)cccc6-c6ccccc6)ccn5)c4c3)c2)c2ccccc21. The average molecular weight is 846 g/mol. The van der Waals surface area contributed by atoms with Crippen LogP contribution in [0.4, 0.5) is 0 Å². The molecule has 4 heteroatoms. The van der Waals surface area contributed by atoms with Crippen LogP contribution in [0.2, 0.25) is 0 Å². The molecule has 0 aliphatic rings. The molecule has 0 bridgehead atoms. The van der Waals surface area contributed by atoms with Crippen LogP contribution in [0.1, 0.15) is 22.3 Å². The third-order valence-electron chi connectivity index (χ3n) is 13.4. The van der Waals surface area contributed by atoms with E-state index in [0.29, 0.717) is 0 Å². The number of rotatable bonds is 9. The number of para-hydroxylation sites is 3. The summed E-state index contributed by atoms with van der Waals surface area (Å²) in [7, 11) is 2.12. The summed E-state index contributed by atoms with van der Waals surface area (Å²) in [5.41, 5.74) is 16.6. The Bertz CT molecular complexity index is 3600. The van der Waals surface area contributed by atoms with Crippen LogP contribution >= 0.6 is 0 Å². The number of imidazole rings is 1. The quantitative estimate of drug-likeness (QED) is 0.105. The van der Waals surface area contributed by atoms with E-state index < -0.39 is 5.41 Å². The second-order valence-corrected chi connectivity index (χ2v) is 17.1. The predicted molar refractivity (Wildman–Crippen MR) is 273 cm³/mol. The van der Waals surface area contributed by atoms with Crippen molar-refractivity contribution in [2.45, 2.75) is 5.41 Å². The number of hydrogen-bond acceptors (Lipinski definition) is 1. The Hall–Kier alpha value is -8.60. The van der Waals surface area contributed by atoms with Crippen LogP contribution in [0.15, 0.2) is 255 Å². The maximum atomic E-state index is 5.21. The Morgan fingerprint density at radius 3 is 1.59 bits per heavy atom. The topological polar surface area (TPSA) is 27.7 Å². The zero-order valence-corrected chi connectivity index (χ0v) is 36.5. The highest BCUT2D eigenvalue weighted by molar-refractivity contribution is 6.09. The molecule has 12 aromatic rings. The van der Waals surface area contributed by atoms with E-state index in [1.54, 1.807) is 0 Å². The monoisotopic (exact) mass is 845 g/mol. The highest BCUT2D eigenvalue weighted by Crippen LogP contribution is 2.48. The predicted octanol–water partition coefficient (Wildman–Crippen LogP) is 15.1. The molecule has 0 aliphatic heterocycles. The lowest BCUT2D eigenvalue weighted by Crippen LogP contribution is -2.31. The Kier molecular flexibility index (Phi) is 9.57. The third kappa shape index (κ3) is 6.37. The Morgan fingerprint density at radius 1 is 0.394 bits per heavy atom. The van der Waals surface area contributed by atoms with Crippen LogP contribution in [0, 0.1) is 0 Å². The first-order valence-electron chi connectivity index (χ1n) is 22.6. The molecule has 312 valence electrons. The van der Waals surface area contributed by atoms with Crippen molar-refractivity contribution in [3.05, 3.63) is 277 Å². The summed E-state index contributed by atoms with van der Waals surface area (Å²) in [6.07, 6.45) is 4.16. The van der Waals surface area contributed by atoms with Gasteiger partial charge >= 0.3 is 0 Å². The molecule has 0 aliphatic carbocycles. The van der Waals surface area contributed by atoms with Crippen molar-refractivity contribution in [2.75, 3.05) is 0 Å². The summed E-state index contributed by atoms with van der Waals surface area (Å²) >= 11 is 0. The summed E-state index contributed by atoms with van der Waals surface area (Å²) in [5, 5.41) is 2.35. The number of fused-ring (bicyclic) bond motifs is 4. The number of aryl methyl sites for hydroxylation is 1. The minimum Gasteiger partial charge on any atom is -0.294 e. The van der Waals surface area contributed by atoms with Crippen LogP contribution in [0.25, 0.3) is 77.7 Å². The van der Waals surface area contributed by atoms with Gasteiger partial charge in [-0.1, -0.05) is 176 Å². The molecule has 0 unspecified atom stereocenters. The maximum Gasteiger partial charge on any atom is 0.191 e. The number of hydrogen-bond donors (Lipinski definition) is 0. The Morgan fingerprint density at radius 2 is 0.924 bits per heavy atom. The van der Waals surface area contributed by atoms with Crippen molar-refractivity contribution in [1.29, 1.82) is 0 Å². The molecule has 0 amide bonds. The van der Waals surface area contributed by atoms with Gasteiger partial charge in [0.1, 0.15) is 11.5 Å². The average Bonchev–Trinajstić information content (AvgIpc) is 3.92. The van der Waals surface area contributed by atoms with Gasteiger partial charge in [0, 0.05) is 48.3 Å². The van der Waals surface area contributed by atoms with E-state index in [1.165, 1.54) is 60.8 Å². The number of pyridine rings is 1. The smallest absolute Gasteiger partial charge is 0.191 e. The van der Waals surface area contributed by atoms with Crippen LogP contribution in [0.3, 0.4) is 0 Å². The fourth-order valence-electron chi connectivity index (χ4n) is 10.5. The zero-order valence-electron chi connectivity index (χ0n) is 36.5. The van der Waals surface area contributed by atoms with Crippen molar-refractivity contribution >= 4 is 32.8 Å². The van der Waals surface area contributed by atoms with Crippen molar-refractivity contribution < 1.29 is 0 Å². The lowest BCUT2D eigenvalue weighted by molar-refractivity contribution is 0.744. The first-order valence-corrected chi connectivity index (χ1v) is 22.6. The van der Waals surface area contributed by atoms with Crippen molar-refractivity contribution in [2.24, 2.45) is 7.05 Å². The highest BCUT2D eigenvalue weighted by Gasteiger charge is 2.39. The largest absolute Gasteiger partial charge is 0.294 e. The van der Waals surface area contributed by atoms with Gasteiger partial charge in [-0.15, -0.1) is 0 Å². The van der Waals surface area contributed by atoms with Crippen molar-refractivity contribution in [3.63, 3.8) is 0 Å². The van der Waals surface area contributed by atoms with E-state index >= 15 is 0 Å². The Balaban J connectivity index is 1.12. The van der Waals surface area contributed by atoms with E-state index in [0.717, 1.165) is 39.2 Å². The van der Waals surface area contributed by atoms with E-state index in [2.05, 4.69) is 270 Å². The van der Waals surface area contributed by atoms with Crippen LogP contribution in [0.5, 0.6) is 0 Å². The minimum absolute atomic E-state index is 0.701. The van der Waals surface area contributed by atoms with E-state index in [4.69, 9.17) is 4.98 Å². The van der Waals surface area contributed by atoms with Gasteiger partial charge in [-0.25, -0.2) is 9.55 Å². The molecule has 3 heterocycles. The summed E-state index contributed by atoms with van der Waals surface area (Å²) in [4.78, 5) is 5.21. The minimum atomic E-state index is -0.701. The summed E-state index contributed by atoms with van der Waals surface area (Å²) in [6, 6.07) is 88.1. The molecule has 3 aromatic heterocycles. The second kappa shape index (κ2) is 16.2. The molecule has 0 saturated carbocycles. The molecule has 9 aromatic carbocycles. The van der Waals surface area contributed by atoms with Crippen LogP contribution in [-0.4, -0.2) is 18.7 Å². The molecule has 12 rings (SSSR count). The van der Waals surface area contributed by atoms with Crippen LogP contribution in [-0.2, 0) is 12.5 Å². The summed E-state index contributed by atoms with van der Waals surface area (Å²) in [6.45, 7) is 0. The molecular weight excluding hydrogens is 801 g/mol. The molecular formula is C62H45N4+. The van der Waals surface area contributed by atoms with E-state index in [1.807, 2.05) is 6.20 Å². The second-order valence-electron chi connectivity index (χ2n) is 17.1. The van der Waals surface area contributed by atoms with E-state index in [-0.39, 0.29) is 0 Å². The highest BCUT2D eigenvalue weighted by atomic mass is 15.1. The normalized spacial score (nSPS) is 11.7. The van der Waals surface area contributed by atoms with Gasteiger partial charge in [-0.05, 0) is 98.1 Å². The third-order valence-corrected chi connectivity index (χ3v) is 13.4. The molecule has 0 N–H and O–H groups in total. The first kappa shape index (κ1) is 39.0. The van der Waals surface area contributed by atoms with Crippen LogP contribution < -0.4 is 0 Å². The first-order chi connectivity index (χ1) is 32.7. The lowest BCUT2D eigenvalue weighted by atomic mass is 9.65. The van der Waals surface area contributed by atoms with Gasteiger partial charge in [0.25, 0.3) is 0 Å². The molecule has 4 nitrogen and oxygen atoms in total. The molecule has 0 fully saturated rings. The summed E-state index contributed by atoms with van der Waals surface area (Å²) < 4.78 is 6.87. The molecule has 66 heavy (non-hydrogen) atoms. The molecule has 0 saturated heterocycles.